The minimum atomic E-state index is 0.829. The third-order valence-electron chi connectivity index (χ3n) is 1.53. The molecule has 0 amide bonds. The molecular weight excluding hydrogens is 126 g/mol. The van der Waals surface area contributed by atoms with E-state index in [1.807, 2.05) is 0 Å². The van der Waals surface area contributed by atoms with Gasteiger partial charge >= 0.3 is 0 Å². The highest BCUT2D eigenvalue weighted by Crippen LogP contribution is 2.02. The van der Waals surface area contributed by atoms with Crippen molar-refractivity contribution >= 4 is 0 Å². The number of allylic oxidation sites excluding steroid dienone is 1. The van der Waals surface area contributed by atoms with E-state index in [-0.39, 0.29) is 0 Å². The van der Waals surface area contributed by atoms with Gasteiger partial charge in [-0.15, -0.1) is 0 Å². The van der Waals surface area contributed by atoms with Gasteiger partial charge in [-0.05, 0) is 12.5 Å². The third-order valence-corrected chi connectivity index (χ3v) is 1.53. The zero-order valence-corrected chi connectivity index (χ0v) is 6.52. The summed E-state index contributed by atoms with van der Waals surface area (Å²) in [5.74, 6) is 1.12. The lowest BCUT2D eigenvalue weighted by Gasteiger charge is -2.16. The smallest absolute Gasteiger partial charge is 0.106 e. The van der Waals surface area contributed by atoms with Crippen molar-refractivity contribution in [3.8, 4) is 0 Å². The number of hydrogen-bond acceptors (Lipinski definition) is 2. The lowest BCUT2D eigenvalue weighted by atomic mass is 10.3. The monoisotopic (exact) mass is 141 g/mol. The van der Waals surface area contributed by atoms with Crippen LogP contribution in [0.2, 0.25) is 0 Å². The lowest BCUT2D eigenvalue weighted by molar-refractivity contribution is 0.176. The molecule has 0 aromatic rings. The van der Waals surface area contributed by atoms with Gasteiger partial charge in [0, 0.05) is 6.54 Å². The molecule has 1 aliphatic rings. The summed E-state index contributed by atoms with van der Waals surface area (Å²) in [6.45, 7) is 4.91. The van der Waals surface area contributed by atoms with Crippen LogP contribution in [0.15, 0.2) is 11.8 Å². The van der Waals surface area contributed by atoms with E-state index in [4.69, 9.17) is 4.74 Å². The topological polar surface area (TPSA) is 21.3 Å². The van der Waals surface area contributed by atoms with Crippen LogP contribution in [-0.2, 0) is 4.74 Å². The van der Waals surface area contributed by atoms with E-state index in [0.717, 1.165) is 31.9 Å². The molecule has 0 aromatic carbocycles. The first-order valence-electron chi connectivity index (χ1n) is 3.96. The van der Waals surface area contributed by atoms with E-state index in [1.165, 1.54) is 6.42 Å². The number of nitrogens with one attached hydrogen (secondary N) is 1. The minimum Gasteiger partial charge on any atom is -0.496 e. The fourth-order valence-corrected chi connectivity index (χ4v) is 0.953. The van der Waals surface area contributed by atoms with Gasteiger partial charge in [0.05, 0.1) is 6.54 Å². The highest BCUT2D eigenvalue weighted by Gasteiger charge is 2.02. The van der Waals surface area contributed by atoms with Gasteiger partial charge in [0.25, 0.3) is 0 Å². The average Bonchev–Trinajstić information content (AvgIpc) is 2.03. The van der Waals surface area contributed by atoms with Crippen molar-refractivity contribution in [1.82, 2.24) is 5.32 Å². The third kappa shape index (κ3) is 2.40. The predicted molar refractivity (Wildman–Crippen MR) is 41.8 cm³/mol. The van der Waals surface area contributed by atoms with Gasteiger partial charge in [-0.1, -0.05) is 13.3 Å². The highest BCUT2D eigenvalue weighted by molar-refractivity contribution is 4.97. The number of unbranched alkanes of at least 4 members (excludes halogenated alkanes) is 1. The summed E-state index contributed by atoms with van der Waals surface area (Å²) in [6, 6.07) is 0. The summed E-state index contributed by atoms with van der Waals surface area (Å²) < 4.78 is 5.38. The molecule has 2 nitrogen and oxygen atoms in total. The zero-order valence-electron chi connectivity index (χ0n) is 6.52. The Morgan fingerprint density at radius 2 is 2.60 bits per heavy atom. The van der Waals surface area contributed by atoms with Gasteiger partial charge in [0.15, 0.2) is 0 Å². The number of morpholine rings is 1. The number of ether oxygens (including phenoxy) is 1. The molecule has 1 fully saturated rings. The van der Waals surface area contributed by atoms with Crippen LogP contribution in [0.3, 0.4) is 0 Å². The molecule has 1 N–H and O–H groups in total. The van der Waals surface area contributed by atoms with Crippen LogP contribution in [-0.4, -0.2) is 19.7 Å². The van der Waals surface area contributed by atoms with E-state index < -0.39 is 0 Å². The molecule has 0 saturated carbocycles. The second-order valence-corrected chi connectivity index (χ2v) is 2.48. The highest BCUT2D eigenvalue weighted by atomic mass is 16.5. The van der Waals surface area contributed by atoms with Crippen molar-refractivity contribution in [2.75, 3.05) is 19.7 Å². The fourth-order valence-electron chi connectivity index (χ4n) is 0.953. The molecule has 0 aromatic heterocycles. The van der Waals surface area contributed by atoms with Crippen LogP contribution in [0.1, 0.15) is 19.8 Å². The van der Waals surface area contributed by atoms with Crippen molar-refractivity contribution in [1.29, 1.82) is 0 Å². The van der Waals surface area contributed by atoms with Gasteiger partial charge < -0.3 is 10.1 Å². The summed E-state index contributed by atoms with van der Waals surface area (Å²) in [7, 11) is 0. The first kappa shape index (κ1) is 7.61. The Kier molecular flexibility index (Phi) is 3.30. The standard InChI is InChI=1S/C8H15NO/c1-2-3-4-8-7-9-5-6-10-8/h4,9H,2-3,5-7H2,1H3/b8-4-. The predicted octanol–water partition coefficient (Wildman–Crippen LogP) is 1.29. The fraction of sp³-hybridized carbons (Fsp3) is 0.750. The second-order valence-electron chi connectivity index (χ2n) is 2.48. The molecule has 1 heterocycles. The Morgan fingerprint density at radius 3 is 3.20 bits per heavy atom. The molecule has 2 heteroatoms. The van der Waals surface area contributed by atoms with E-state index >= 15 is 0 Å². The van der Waals surface area contributed by atoms with Gasteiger partial charge in [-0.2, -0.15) is 0 Å². The maximum Gasteiger partial charge on any atom is 0.106 e. The molecule has 58 valence electrons. The minimum absolute atomic E-state index is 0.829. The van der Waals surface area contributed by atoms with Crippen molar-refractivity contribution in [3.05, 3.63) is 11.8 Å². The molecule has 1 aliphatic heterocycles. The average molecular weight is 141 g/mol. The van der Waals surface area contributed by atoms with Crippen LogP contribution in [0, 0.1) is 0 Å². The van der Waals surface area contributed by atoms with Crippen LogP contribution in [0.4, 0.5) is 0 Å². The zero-order chi connectivity index (χ0) is 7.23. The molecule has 10 heavy (non-hydrogen) atoms. The molecular formula is C8H15NO. The molecule has 0 bridgehead atoms. The van der Waals surface area contributed by atoms with Crippen LogP contribution < -0.4 is 5.32 Å². The van der Waals surface area contributed by atoms with E-state index in [1.54, 1.807) is 0 Å². The number of rotatable bonds is 2. The van der Waals surface area contributed by atoms with Crippen LogP contribution in [0.5, 0.6) is 0 Å². The van der Waals surface area contributed by atoms with Crippen molar-refractivity contribution in [2.24, 2.45) is 0 Å². The molecule has 0 unspecified atom stereocenters. The summed E-state index contributed by atoms with van der Waals surface area (Å²) in [5.41, 5.74) is 0. The van der Waals surface area contributed by atoms with Crippen LogP contribution >= 0.6 is 0 Å². The Labute approximate surface area is 62.3 Å². The maximum atomic E-state index is 5.38. The Morgan fingerprint density at radius 1 is 1.70 bits per heavy atom. The normalized spacial score (nSPS) is 22.7. The summed E-state index contributed by atoms with van der Waals surface area (Å²) in [6.07, 6.45) is 4.51. The first-order chi connectivity index (χ1) is 4.93. The Hall–Kier alpha value is -0.500. The van der Waals surface area contributed by atoms with Crippen molar-refractivity contribution < 1.29 is 4.74 Å². The first-order valence-corrected chi connectivity index (χ1v) is 3.96. The van der Waals surface area contributed by atoms with Crippen molar-refractivity contribution in [2.45, 2.75) is 19.8 Å². The summed E-state index contributed by atoms with van der Waals surface area (Å²) >= 11 is 0. The SMILES string of the molecule is CCC/C=C1/CNCCO1. The van der Waals surface area contributed by atoms with E-state index in [2.05, 4.69) is 18.3 Å². The van der Waals surface area contributed by atoms with E-state index in [9.17, 15) is 0 Å². The van der Waals surface area contributed by atoms with Gasteiger partial charge in [0.1, 0.15) is 12.4 Å². The molecule has 1 saturated heterocycles. The van der Waals surface area contributed by atoms with Gasteiger partial charge in [0.2, 0.25) is 0 Å². The number of hydrogen-bond donors (Lipinski definition) is 1. The summed E-state index contributed by atoms with van der Waals surface area (Å²) in [5, 5.41) is 3.25. The quantitative estimate of drug-likeness (QED) is 0.625. The van der Waals surface area contributed by atoms with E-state index in [0.29, 0.717) is 0 Å². The molecule has 0 spiro atoms. The Bertz CT molecular complexity index is 112. The molecule has 1 rings (SSSR count). The lowest BCUT2D eigenvalue weighted by Crippen LogP contribution is -2.29. The second kappa shape index (κ2) is 4.34. The van der Waals surface area contributed by atoms with Gasteiger partial charge in [-0.3, -0.25) is 0 Å². The molecule has 0 atom stereocenters. The molecule has 0 aliphatic carbocycles. The van der Waals surface area contributed by atoms with Crippen LogP contribution in [0.25, 0.3) is 0 Å². The molecule has 0 radical (unpaired) electrons. The van der Waals surface area contributed by atoms with Gasteiger partial charge in [-0.25, -0.2) is 0 Å². The largest absolute Gasteiger partial charge is 0.496 e. The summed E-state index contributed by atoms with van der Waals surface area (Å²) in [4.78, 5) is 0. The van der Waals surface area contributed by atoms with Crippen molar-refractivity contribution in [3.63, 3.8) is 0 Å². The Balaban J connectivity index is 2.23. The maximum absolute atomic E-state index is 5.38.